The molecule has 0 spiro atoms. The number of benzene rings is 3. The Bertz CT molecular complexity index is 1330. The number of aryl methyl sites for hydroxylation is 4. The normalized spacial score (nSPS) is 13.7. The second-order valence-corrected chi connectivity index (χ2v) is 8.71. The first-order chi connectivity index (χ1) is 15.7. The highest BCUT2D eigenvalue weighted by Gasteiger charge is 2.41. The summed E-state index contributed by atoms with van der Waals surface area (Å²) in [5.74, 6) is -0.263. The van der Waals surface area contributed by atoms with E-state index in [1.165, 1.54) is 4.90 Å². The van der Waals surface area contributed by atoms with Crippen LogP contribution in [-0.2, 0) is 9.59 Å². The summed E-state index contributed by atoms with van der Waals surface area (Å²) in [5.41, 5.74) is 6.05. The lowest BCUT2D eigenvalue weighted by atomic mass is 9.97. The molecule has 33 heavy (non-hydrogen) atoms. The van der Waals surface area contributed by atoms with E-state index < -0.39 is 11.8 Å². The van der Waals surface area contributed by atoms with Gasteiger partial charge in [-0.05, 0) is 74.2 Å². The molecule has 4 rings (SSSR count). The van der Waals surface area contributed by atoms with E-state index in [2.05, 4.69) is 5.32 Å². The number of hydrogen-bond acceptors (Lipinski definition) is 4. The fourth-order valence-corrected chi connectivity index (χ4v) is 4.25. The molecule has 0 saturated carbocycles. The number of nitrogens with one attached hydrogen (secondary N) is 1. The van der Waals surface area contributed by atoms with Gasteiger partial charge in [0, 0.05) is 5.02 Å². The van der Waals surface area contributed by atoms with E-state index in [1.807, 2.05) is 64.1 Å². The third-order valence-corrected chi connectivity index (χ3v) is 6.00. The third-order valence-electron chi connectivity index (χ3n) is 5.76. The second-order valence-electron chi connectivity index (χ2n) is 8.27. The average Bonchev–Trinajstić information content (AvgIpc) is 3.00. The molecule has 1 N–H and O–H groups in total. The molecule has 0 radical (unpaired) electrons. The summed E-state index contributed by atoms with van der Waals surface area (Å²) in [7, 11) is 1.57. The Kier molecular flexibility index (Phi) is 6.00. The van der Waals surface area contributed by atoms with Crippen LogP contribution in [0.3, 0.4) is 0 Å². The molecule has 3 aromatic carbocycles. The average molecular weight is 461 g/mol. The number of methoxy groups -OCH3 is 1. The zero-order chi connectivity index (χ0) is 23.9. The van der Waals surface area contributed by atoms with Gasteiger partial charge in [0.05, 0.1) is 24.1 Å². The summed E-state index contributed by atoms with van der Waals surface area (Å²) in [6, 6.07) is 16.6. The summed E-state index contributed by atoms with van der Waals surface area (Å²) >= 11 is 6.21. The van der Waals surface area contributed by atoms with Gasteiger partial charge < -0.3 is 10.1 Å². The SMILES string of the molecule is COc1ccc(C)cc1NC1=C(c2ccc(C)cc2C)C(=O)N(c2cc(Cl)ccc2C)C1=O. The maximum Gasteiger partial charge on any atom is 0.282 e. The zero-order valence-corrected chi connectivity index (χ0v) is 20.0. The molecule has 0 aliphatic carbocycles. The van der Waals surface area contributed by atoms with Crippen LogP contribution in [0.25, 0.3) is 5.57 Å². The molecule has 0 aromatic heterocycles. The van der Waals surface area contributed by atoms with Crippen molar-refractivity contribution in [2.24, 2.45) is 0 Å². The molecular weight excluding hydrogens is 436 g/mol. The van der Waals surface area contributed by atoms with Gasteiger partial charge in [0.25, 0.3) is 11.8 Å². The van der Waals surface area contributed by atoms with Crippen LogP contribution in [0.4, 0.5) is 11.4 Å². The number of carbonyl (C=O) groups is 2. The minimum absolute atomic E-state index is 0.204. The number of hydrogen-bond donors (Lipinski definition) is 1. The van der Waals surface area contributed by atoms with Crippen LogP contribution < -0.4 is 15.0 Å². The molecule has 3 aromatic rings. The largest absolute Gasteiger partial charge is 0.495 e. The molecule has 6 heteroatoms. The van der Waals surface area contributed by atoms with Crippen molar-refractivity contribution in [1.29, 1.82) is 0 Å². The molecule has 1 aliphatic heterocycles. The summed E-state index contributed by atoms with van der Waals surface area (Å²) in [6.07, 6.45) is 0. The van der Waals surface area contributed by atoms with Gasteiger partial charge in [-0.2, -0.15) is 0 Å². The van der Waals surface area contributed by atoms with Gasteiger partial charge in [-0.15, -0.1) is 0 Å². The molecule has 1 heterocycles. The van der Waals surface area contributed by atoms with E-state index in [0.717, 1.165) is 22.3 Å². The van der Waals surface area contributed by atoms with E-state index in [0.29, 0.717) is 33.3 Å². The Morgan fingerprint density at radius 2 is 1.52 bits per heavy atom. The standard InChI is InChI=1S/C27H25ClN2O3/c1-15-6-10-20(18(4)12-15)24-25(29-21-13-16(2)7-11-23(21)33-5)27(32)30(26(24)31)22-14-19(28)9-8-17(22)3/h6-14,29H,1-5H3. The van der Waals surface area contributed by atoms with Crippen molar-refractivity contribution in [3.63, 3.8) is 0 Å². The molecule has 0 fully saturated rings. The number of imide groups is 1. The van der Waals surface area contributed by atoms with Gasteiger partial charge >= 0.3 is 0 Å². The van der Waals surface area contributed by atoms with Crippen LogP contribution in [0.5, 0.6) is 5.75 Å². The number of anilines is 2. The molecule has 0 unspecified atom stereocenters. The van der Waals surface area contributed by atoms with E-state index in [1.54, 1.807) is 25.3 Å². The predicted molar refractivity (Wildman–Crippen MR) is 133 cm³/mol. The third kappa shape index (κ3) is 4.12. The van der Waals surface area contributed by atoms with Crippen LogP contribution in [0.1, 0.15) is 27.8 Å². The van der Waals surface area contributed by atoms with E-state index in [9.17, 15) is 9.59 Å². The predicted octanol–water partition coefficient (Wildman–Crippen LogP) is 5.98. The van der Waals surface area contributed by atoms with E-state index in [-0.39, 0.29) is 5.70 Å². The van der Waals surface area contributed by atoms with Gasteiger partial charge in [-0.1, -0.05) is 47.5 Å². The Labute approximate surface area is 198 Å². The Hall–Kier alpha value is -3.57. The maximum atomic E-state index is 13.8. The van der Waals surface area contributed by atoms with Crippen molar-refractivity contribution in [1.82, 2.24) is 0 Å². The number of nitrogens with zero attached hydrogens (tertiary/aromatic N) is 1. The fourth-order valence-electron chi connectivity index (χ4n) is 4.09. The van der Waals surface area contributed by atoms with Gasteiger partial charge in [-0.3, -0.25) is 9.59 Å². The van der Waals surface area contributed by atoms with Crippen molar-refractivity contribution in [2.75, 3.05) is 17.3 Å². The molecule has 0 saturated heterocycles. The summed E-state index contributed by atoms with van der Waals surface area (Å²) in [6.45, 7) is 7.72. The fraction of sp³-hybridized carbons (Fsp3) is 0.185. The van der Waals surface area contributed by atoms with Gasteiger partial charge in [0.2, 0.25) is 0 Å². The molecule has 2 amide bonds. The molecule has 168 valence electrons. The highest BCUT2D eigenvalue weighted by molar-refractivity contribution is 6.46. The van der Waals surface area contributed by atoms with E-state index >= 15 is 0 Å². The minimum atomic E-state index is -0.441. The van der Waals surface area contributed by atoms with Crippen LogP contribution in [0.15, 0.2) is 60.3 Å². The van der Waals surface area contributed by atoms with Crippen LogP contribution in [-0.4, -0.2) is 18.9 Å². The maximum absolute atomic E-state index is 13.8. The highest BCUT2D eigenvalue weighted by atomic mass is 35.5. The van der Waals surface area contributed by atoms with Crippen LogP contribution in [0, 0.1) is 27.7 Å². The lowest BCUT2D eigenvalue weighted by molar-refractivity contribution is -0.120. The zero-order valence-electron chi connectivity index (χ0n) is 19.2. The second kappa shape index (κ2) is 8.75. The Balaban J connectivity index is 1.92. The van der Waals surface area contributed by atoms with Crippen molar-refractivity contribution in [3.05, 3.63) is 93.1 Å². The first-order valence-corrected chi connectivity index (χ1v) is 11.0. The number of rotatable bonds is 5. The van der Waals surface area contributed by atoms with Crippen molar-refractivity contribution < 1.29 is 14.3 Å². The van der Waals surface area contributed by atoms with Crippen molar-refractivity contribution >= 4 is 40.4 Å². The molecule has 1 aliphatic rings. The lowest BCUT2D eigenvalue weighted by Gasteiger charge is -2.18. The number of ether oxygens (including phenoxy) is 1. The first kappa shape index (κ1) is 22.6. The summed E-state index contributed by atoms with van der Waals surface area (Å²) in [5, 5.41) is 3.67. The van der Waals surface area contributed by atoms with Gasteiger partial charge in [0.1, 0.15) is 11.4 Å². The Morgan fingerprint density at radius 1 is 0.818 bits per heavy atom. The molecular formula is C27H25ClN2O3. The Morgan fingerprint density at radius 3 is 2.21 bits per heavy atom. The van der Waals surface area contributed by atoms with Crippen LogP contribution in [0.2, 0.25) is 5.02 Å². The number of amides is 2. The number of halogens is 1. The van der Waals surface area contributed by atoms with Crippen molar-refractivity contribution in [2.45, 2.75) is 27.7 Å². The molecule has 0 bridgehead atoms. The highest BCUT2D eigenvalue weighted by Crippen LogP contribution is 2.38. The van der Waals surface area contributed by atoms with E-state index in [4.69, 9.17) is 16.3 Å². The topological polar surface area (TPSA) is 58.6 Å². The van der Waals surface area contributed by atoms with Gasteiger partial charge in [-0.25, -0.2) is 4.90 Å². The first-order valence-electron chi connectivity index (χ1n) is 10.6. The monoisotopic (exact) mass is 460 g/mol. The number of carbonyl (C=O) groups excluding carboxylic acids is 2. The lowest BCUT2D eigenvalue weighted by Crippen LogP contribution is -2.33. The minimum Gasteiger partial charge on any atom is -0.495 e. The smallest absolute Gasteiger partial charge is 0.282 e. The van der Waals surface area contributed by atoms with Gasteiger partial charge in [0.15, 0.2) is 0 Å². The molecule has 5 nitrogen and oxygen atoms in total. The molecule has 0 atom stereocenters. The summed E-state index contributed by atoms with van der Waals surface area (Å²) in [4.78, 5) is 28.7. The summed E-state index contributed by atoms with van der Waals surface area (Å²) < 4.78 is 5.49. The van der Waals surface area contributed by atoms with Crippen molar-refractivity contribution in [3.8, 4) is 5.75 Å². The quantitative estimate of drug-likeness (QED) is 0.476. The van der Waals surface area contributed by atoms with Crippen LogP contribution >= 0.6 is 11.6 Å².